The van der Waals surface area contributed by atoms with Crippen LogP contribution in [0.1, 0.15) is 34.3 Å². The fourth-order valence-corrected chi connectivity index (χ4v) is 3.75. The van der Waals surface area contributed by atoms with Crippen LogP contribution in [-0.4, -0.2) is 35.2 Å². The van der Waals surface area contributed by atoms with Crippen LogP contribution in [0.3, 0.4) is 0 Å². The summed E-state index contributed by atoms with van der Waals surface area (Å²) in [7, 11) is 0. The second kappa shape index (κ2) is 8.07. The number of anilines is 1. The Morgan fingerprint density at radius 1 is 1.10 bits per heavy atom. The maximum absolute atomic E-state index is 13.1. The molecule has 0 atom stereocenters. The zero-order valence-corrected chi connectivity index (χ0v) is 16.7. The van der Waals surface area contributed by atoms with Crippen LogP contribution < -0.4 is 10.2 Å². The van der Waals surface area contributed by atoms with E-state index in [0.717, 1.165) is 59.7 Å². The van der Waals surface area contributed by atoms with Crippen LogP contribution in [0.5, 0.6) is 0 Å². The SMILES string of the molecule is Cc1ccc(C)c(C(=O)NC2CCN(c3cc(-c4ccc(F)cc4)[nH]n3)CC2)c1. The molecule has 3 aromatic rings. The molecule has 2 aromatic carbocycles. The lowest BCUT2D eigenvalue weighted by molar-refractivity contribution is 0.0930. The van der Waals surface area contributed by atoms with Crippen LogP contribution in [0.15, 0.2) is 48.5 Å². The Labute approximate surface area is 169 Å². The molecule has 0 aliphatic carbocycles. The number of H-pyrrole nitrogens is 1. The van der Waals surface area contributed by atoms with Gasteiger partial charge in [0.25, 0.3) is 5.91 Å². The van der Waals surface area contributed by atoms with Crippen molar-refractivity contribution < 1.29 is 9.18 Å². The van der Waals surface area contributed by atoms with Crippen molar-refractivity contribution in [3.8, 4) is 11.3 Å². The second-order valence-electron chi connectivity index (χ2n) is 7.70. The number of benzene rings is 2. The van der Waals surface area contributed by atoms with E-state index >= 15 is 0 Å². The van der Waals surface area contributed by atoms with Gasteiger partial charge in [0.15, 0.2) is 5.82 Å². The maximum atomic E-state index is 13.1. The average molecular weight is 392 g/mol. The van der Waals surface area contributed by atoms with E-state index in [1.807, 2.05) is 38.1 Å². The van der Waals surface area contributed by atoms with Crippen molar-refractivity contribution >= 4 is 11.7 Å². The molecule has 0 unspecified atom stereocenters. The molecule has 1 fully saturated rings. The van der Waals surface area contributed by atoms with Gasteiger partial charge in [0, 0.05) is 30.8 Å². The van der Waals surface area contributed by atoms with E-state index in [-0.39, 0.29) is 17.8 Å². The highest BCUT2D eigenvalue weighted by Crippen LogP contribution is 2.24. The third kappa shape index (κ3) is 4.31. The Hall–Kier alpha value is -3.15. The van der Waals surface area contributed by atoms with Gasteiger partial charge in [0.2, 0.25) is 0 Å². The molecule has 4 rings (SSSR count). The van der Waals surface area contributed by atoms with E-state index in [9.17, 15) is 9.18 Å². The number of carbonyl (C=O) groups excluding carboxylic acids is 1. The lowest BCUT2D eigenvalue weighted by Crippen LogP contribution is -2.45. The molecule has 1 aromatic heterocycles. The van der Waals surface area contributed by atoms with Crippen molar-refractivity contribution in [2.45, 2.75) is 32.7 Å². The van der Waals surface area contributed by atoms with Gasteiger partial charge in [-0.15, -0.1) is 0 Å². The molecular formula is C23H25FN4O. The van der Waals surface area contributed by atoms with Crippen molar-refractivity contribution in [1.29, 1.82) is 0 Å². The van der Waals surface area contributed by atoms with E-state index < -0.39 is 0 Å². The first-order chi connectivity index (χ1) is 14.0. The van der Waals surface area contributed by atoms with E-state index in [0.29, 0.717) is 0 Å². The second-order valence-corrected chi connectivity index (χ2v) is 7.70. The molecule has 1 aliphatic rings. The highest BCUT2D eigenvalue weighted by atomic mass is 19.1. The van der Waals surface area contributed by atoms with Crippen LogP contribution in [0, 0.1) is 19.7 Å². The first-order valence-corrected chi connectivity index (χ1v) is 9.94. The molecule has 150 valence electrons. The molecule has 1 aliphatic heterocycles. The molecule has 0 radical (unpaired) electrons. The summed E-state index contributed by atoms with van der Waals surface area (Å²) in [5, 5.41) is 10.6. The van der Waals surface area contributed by atoms with Crippen molar-refractivity contribution in [3.63, 3.8) is 0 Å². The maximum Gasteiger partial charge on any atom is 0.251 e. The zero-order chi connectivity index (χ0) is 20.4. The number of aromatic nitrogens is 2. The monoisotopic (exact) mass is 392 g/mol. The summed E-state index contributed by atoms with van der Waals surface area (Å²) in [4.78, 5) is 14.9. The van der Waals surface area contributed by atoms with E-state index in [4.69, 9.17) is 0 Å². The van der Waals surface area contributed by atoms with Crippen molar-refractivity contribution in [1.82, 2.24) is 15.5 Å². The molecule has 2 N–H and O–H groups in total. The van der Waals surface area contributed by atoms with Crippen LogP contribution in [0.2, 0.25) is 0 Å². The van der Waals surface area contributed by atoms with Crippen LogP contribution in [-0.2, 0) is 0 Å². The lowest BCUT2D eigenvalue weighted by Gasteiger charge is -2.32. The van der Waals surface area contributed by atoms with Gasteiger partial charge in [-0.05, 0) is 68.1 Å². The number of aryl methyl sites for hydroxylation is 2. The smallest absolute Gasteiger partial charge is 0.251 e. The quantitative estimate of drug-likeness (QED) is 0.698. The summed E-state index contributed by atoms with van der Waals surface area (Å²) in [5.74, 6) is 0.630. The van der Waals surface area contributed by atoms with Crippen LogP contribution in [0.25, 0.3) is 11.3 Å². The predicted octanol–water partition coefficient (Wildman–Crippen LogP) is 4.23. The molecule has 2 heterocycles. The van der Waals surface area contributed by atoms with Crippen molar-refractivity contribution in [3.05, 3.63) is 71.0 Å². The summed E-state index contributed by atoms with van der Waals surface area (Å²) in [6, 6.07) is 14.5. The largest absolute Gasteiger partial charge is 0.355 e. The van der Waals surface area contributed by atoms with Gasteiger partial charge in [0.1, 0.15) is 5.82 Å². The van der Waals surface area contributed by atoms with Gasteiger partial charge in [-0.3, -0.25) is 9.89 Å². The number of aromatic amines is 1. The number of carbonyl (C=O) groups is 1. The number of rotatable bonds is 4. The van der Waals surface area contributed by atoms with Gasteiger partial charge < -0.3 is 10.2 Å². The van der Waals surface area contributed by atoms with Gasteiger partial charge in [0.05, 0.1) is 5.69 Å². The van der Waals surface area contributed by atoms with Gasteiger partial charge in [-0.1, -0.05) is 17.7 Å². The van der Waals surface area contributed by atoms with E-state index in [1.54, 1.807) is 12.1 Å². The fraction of sp³-hybridized carbons (Fsp3) is 0.304. The minimum atomic E-state index is -0.251. The van der Waals surface area contributed by atoms with Gasteiger partial charge >= 0.3 is 0 Å². The Bertz CT molecular complexity index is 1000. The molecule has 0 spiro atoms. The first kappa shape index (κ1) is 19.2. The Morgan fingerprint density at radius 2 is 1.83 bits per heavy atom. The molecule has 5 nitrogen and oxygen atoms in total. The summed E-state index contributed by atoms with van der Waals surface area (Å²) >= 11 is 0. The molecule has 0 bridgehead atoms. The summed E-state index contributed by atoms with van der Waals surface area (Å²) < 4.78 is 13.1. The number of halogens is 1. The third-order valence-corrected chi connectivity index (χ3v) is 5.51. The topological polar surface area (TPSA) is 61.0 Å². The molecule has 29 heavy (non-hydrogen) atoms. The number of piperidine rings is 1. The highest BCUT2D eigenvalue weighted by molar-refractivity contribution is 5.96. The van der Waals surface area contributed by atoms with Gasteiger partial charge in [-0.25, -0.2) is 4.39 Å². The van der Waals surface area contributed by atoms with Crippen molar-refractivity contribution in [2.24, 2.45) is 0 Å². The summed E-state index contributed by atoms with van der Waals surface area (Å²) in [6.45, 7) is 5.61. The minimum Gasteiger partial charge on any atom is -0.355 e. The van der Waals surface area contributed by atoms with Crippen LogP contribution in [0.4, 0.5) is 10.2 Å². The first-order valence-electron chi connectivity index (χ1n) is 9.94. The average Bonchev–Trinajstić information content (AvgIpc) is 3.21. The molecule has 1 amide bonds. The number of nitrogens with one attached hydrogen (secondary N) is 2. The van der Waals surface area contributed by atoms with Gasteiger partial charge in [-0.2, -0.15) is 5.10 Å². The van der Waals surface area contributed by atoms with Crippen molar-refractivity contribution in [2.75, 3.05) is 18.0 Å². The summed E-state index contributed by atoms with van der Waals surface area (Å²) in [5.41, 5.74) is 4.61. The molecule has 6 heteroatoms. The van der Waals surface area contributed by atoms with E-state index in [2.05, 4.69) is 20.4 Å². The minimum absolute atomic E-state index is 0.00279. The number of hydrogen-bond donors (Lipinski definition) is 2. The molecule has 1 saturated heterocycles. The Kier molecular flexibility index (Phi) is 5.34. The summed E-state index contributed by atoms with van der Waals surface area (Å²) in [6.07, 6.45) is 1.74. The number of hydrogen-bond acceptors (Lipinski definition) is 3. The lowest BCUT2D eigenvalue weighted by atomic mass is 10.0. The van der Waals surface area contributed by atoms with Crippen LogP contribution >= 0.6 is 0 Å². The van der Waals surface area contributed by atoms with E-state index in [1.165, 1.54) is 12.1 Å². The molecule has 0 saturated carbocycles. The highest BCUT2D eigenvalue weighted by Gasteiger charge is 2.23. The number of amides is 1. The number of nitrogens with zero attached hydrogens (tertiary/aromatic N) is 2. The normalized spacial score (nSPS) is 14.8. The standard InChI is InChI=1S/C23H25FN4O/c1-15-3-4-16(2)20(13-15)23(29)25-19-9-11-28(12-10-19)22-14-21(26-27-22)17-5-7-18(24)8-6-17/h3-8,13-14,19H,9-12H2,1-2H3,(H,25,29)(H,26,27). The third-order valence-electron chi connectivity index (χ3n) is 5.51. The Morgan fingerprint density at radius 3 is 2.55 bits per heavy atom. The predicted molar refractivity (Wildman–Crippen MR) is 113 cm³/mol. The molecular weight excluding hydrogens is 367 g/mol. The zero-order valence-electron chi connectivity index (χ0n) is 16.7. The Balaban J connectivity index is 1.35. The fourth-order valence-electron chi connectivity index (χ4n) is 3.75.